The van der Waals surface area contributed by atoms with E-state index in [1.807, 2.05) is 6.92 Å². The van der Waals surface area contributed by atoms with Crippen molar-refractivity contribution < 1.29 is 18.0 Å². The van der Waals surface area contributed by atoms with E-state index in [1.165, 1.54) is 6.92 Å². The Morgan fingerprint density at radius 3 is 2.16 bits per heavy atom. The largest absolute Gasteiger partial charge is 0.326 e. The van der Waals surface area contributed by atoms with Gasteiger partial charge in [-0.05, 0) is 43.3 Å². The summed E-state index contributed by atoms with van der Waals surface area (Å²) in [5.41, 5.74) is 2.20. The fourth-order valence-corrected chi connectivity index (χ4v) is 4.80. The molecule has 1 heterocycles. The number of thioether (sulfide) groups is 1. The Bertz CT molecular complexity index is 1220. The molecule has 0 fully saturated rings. The average molecular weight is 474 g/mol. The Balaban J connectivity index is 1.58. The van der Waals surface area contributed by atoms with Gasteiger partial charge >= 0.3 is 0 Å². The van der Waals surface area contributed by atoms with E-state index in [-0.39, 0.29) is 28.2 Å². The molecule has 11 heteroatoms. The zero-order valence-corrected chi connectivity index (χ0v) is 19.5. The lowest BCUT2D eigenvalue weighted by Crippen LogP contribution is -2.15. The van der Waals surface area contributed by atoms with Gasteiger partial charge in [0.15, 0.2) is 15.0 Å². The minimum absolute atomic E-state index is 0.0735. The lowest BCUT2D eigenvalue weighted by Gasteiger charge is -2.07. The van der Waals surface area contributed by atoms with E-state index in [0.717, 1.165) is 17.3 Å². The molecule has 168 valence electrons. The number of carbonyl (C=O) groups excluding carboxylic acids is 2. The molecule has 2 N–H and O–H groups in total. The molecule has 0 aliphatic heterocycles. The number of nitrogens with one attached hydrogen (secondary N) is 2. The second-order valence-corrected chi connectivity index (χ2v) is 10.1. The van der Waals surface area contributed by atoms with E-state index in [9.17, 15) is 18.0 Å². The van der Waals surface area contributed by atoms with Gasteiger partial charge in [-0.1, -0.05) is 29.5 Å². The van der Waals surface area contributed by atoms with Gasteiger partial charge in [-0.3, -0.25) is 9.59 Å². The number of hydrogen-bond donors (Lipinski definition) is 2. The topological polar surface area (TPSA) is 123 Å². The molecule has 0 saturated carbocycles. The molecule has 0 aliphatic carbocycles. The molecule has 3 rings (SSSR count). The van der Waals surface area contributed by atoms with Crippen LogP contribution in [0.2, 0.25) is 0 Å². The van der Waals surface area contributed by atoms with E-state index in [4.69, 9.17) is 0 Å². The average Bonchev–Trinajstić information content (AvgIpc) is 3.07. The SMILES string of the molecule is CC(=O)Nc1ccc(NC(=O)CSc2nnc(CS(=O)(=O)c3ccc(C)cc3)n2C)cc1. The minimum atomic E-state index is -3.56. The van der Waals surface area contributed by atoms with E-state index in [0.29, 0.717) is 22.4 Å². The standard InChI is InChI=1S/C21H23N5O4S2/c1-14-4-10-18(11-5-14)32(29,30)13-19-24-25-21(26(19)3)31-12-20(28)23-17-8-6-16(7-9-17)22-15(2)27/h4-11H,12-13H2,1-3H3,(H,22,27)(H,23,28). The number of sulfone groups is 1. The summed E-state index contributed by atoms with van der Waals surface area (Å²) in [4.78, 5) is 23.5. The Morgan fingerprint density at radius 1 is 0.969 bits per heavy atom. The molecular formula is C21H23N5O4S2. The summed E-state index contributed by atoms with van der Waals surface area (Å²) in [6.07, 6.45) is 0. The molecule has 0 atom stereocenters. The smallest absolute Gasteiger partial charge is 0.234 e. The van der Waals surface area contributed by atoms with Gasteiger partial charge < -0.3 is 15.2 Å². The van der Waals surface area contributed by atoms with Gasteiger partial charge in [0.05, 0.1) is 10.6 Å². The first kappa shape index (κ1) is 23.5. The van der Waals surface area contributed by atoms with Crippen LogP contribution in [-0.4, -0.2) is 40.7 Å². The highest BCUT2D eigenvalue weighted by molar-refractivity contribution is 7.99. The van der Waals surface area contributed by atoms with Gasteiger partial charge in [-0.2, -0.15) is 0 Å². The molecule has 1 aromatic heterocycles. The maximum Gasteiger partial charge on any atom is 0.234 e. The van der Waals surface area contributed by atoms with Gasteiger partial charge in [-0.25, -0.2) is 8.42 Å². The van der Waals surface area contributed by atoms with Crippen LogP contribution in [0.15, 0.2) is 58.6 Å². The first-order valence-electron chi connectivity index (χ1n) is 9.62. The molecule has 0 aliphatic rings. The number of benzene rings is 2. The Labute approximate surface area is 190 Å². The van der Waals surface area contributed by atoms with Gasteiger partial charge in [0.2, 0.25) is 11.8 Å². The summed E-state index contributed by atoms with van der Waals surface area (Å²) < 4.78 is 26.9. The van der Waals surface area contributed by atoms with Crippen molar-refractivity contribution in [2.45, 2.75) is 29.7 Å². The number of nitrogens with zero attached hydrogens (tertiary/aromatic N) is 3. The highest BCUT2D eigenvalue weighted by Gasteiger charge is 2.20. The molecule has 3 aromatic rings. The van der Waals surface area contributed by atoms with Crippen LogP contribution in [-0.2, 0) is 32.2 Å². The predicted octanol–water partition coefficient (Wildman–Crippen LogP) is 2.79. The first-order chi connectivity index (χ1) is 15.1. The third-order valence-electron chi connectivity index (χ3n) is 4.45. The molecule has 9 nitrogen and oxygen atoms in total. The first-order valence-corrected chi connectivity index (χ1v) is 12.3. The number of anilines is 2. The van der Waals surface area contributed by atoms with Crippen molar-refractivity contribution >= 4 is 44.8 Å². The van der Waals surface area contributed by atoms with Crippen molar-refractivity contribution in [3.63, 3.8) is 0 Å². The highest BCUT2D eigenvalue weighted by Crippen LogP contribution is 2.21. The van der Waals surface area contributed by atoms with Crippen molar-refractivity contribution in [2.24, 2.45) is 7.05 Å². The fourth-order valence-electron chi connectivity index (χ4n) is 2.76. The van der Waals surface area contributed by atoms with Crippen LogP contribution >= 0.6 is 11.8 Å². The van der Waals surface area contributed by atoms with Crippen molar-refractivity contribution in [1.82, 2.24) is 14.8 Å². The molecule has 0 radical (unpaired) electrons. The zero-order valence-electron chi connectivity index (χ0n) is 17.8. The molecule has 32 heavy (non-hydrogen) atoms. The predicted molar refractivity (Wildman–Crippen MR) is 123 cm³/mol. The van der Waals surface area contributed by atoms with Crippen LogP contribution in [0, 0.1) is 6.92 Å². The number of carbonyl (C=O) groups is 2. The van der Waals surface area contributed by atoms with Crippen molar-refractivity contribution in [3.05, 3.63) is 59.9 Å². The van der Waals surface area contributed by atoms with Crippen LogP contribution in [0.25, 0.3) is 0 Å². The van der Waals surface area contributed by atoms with Gasteiger partial charge in [0, 0.05) is 25.3 Å². The quantitative estimate of drug-likeness (QED) is 0.482. The molecule has 0 spiro atoms. The number of rotatable bonds is 8. The summed E-state index contributed by atoms with van der Waals surface area (Å²) in [6, 6.07) is 13.4. The summed E-state index contributed by atoms with van der Waals surface area (Å²) in [5.74, 6) is -0.342. The maximum atomic E-state index is 12.7. The number of amides is 2. The molecular weight excluding hydrogens is 450 g/mol. The Hall–Kier alpha value is -3.18. The van der Waals surface area contributed by atoms with Gasteiger partial charge in [0.25, 0.3) is 0 Å². The normalized spacial score (nSPS) is 11.2. The van der Waals surface area contributed by atoms with Gasteiger partial charge in [-0.15, -0.1) is 10.2 Å². The summed E-state index contributed by atoms with van der Waals surface area (Å²) in [7, 11) is -1.89. The van der Waals surface area contributed by atoms with Crippen molar-refractivity contribution in [2.75, 3.05) is 16.4 Å². The van der Waals surface area contributed by atoms with E-state index in [2.05, 4.69) is 20.8 Å². The number of hydrogen-bond acceptors (Lipinski definition) is 7. The lowest BCUT2D eigenvalue weighted by molar-refractivity contribution is -0.114. The third-order valence-corrected chi connectivity index (χ3v) is 7.09. The number of aryl methyl sites for hydroxylation is 1. The summed E-state index contributed by atoms with van der Waals surface area (Å²) >= 11 is 1.16. The van der Waals surface area contributed by atoms with Crippen molar-refractivity contribution in [1.29, 1.82) is 0 Å². The van der Waals surface area contributed by atoms with E-state index < -0.39 is 9.84 Å². The third kappa shape index (κ3) is 6.17. The highest BCUT2D eigenvalue weighted by atomic mass is 32.2. The van der Waals surface area contributed by atoms with Crippen molar-refractivity contribution in [3.8, 4) is 0 Å². The van der Waals surface area contributed by atoms with Crippen LogP contribution in [0.4, 0.5) is 11.4 Å². The second kappa shape index (κ2) is 9.96. The molecule has 0 unspecified atom stereocenters. The Morgan fingerprint density at radius 2 is 1.56 bits per heavy atom. The summed E-state index contributed by atoms with van der Waals surface area (Å²) in [6.45, 7) is 3.31. The molecule has 0 bridgehead atoms. The summed E-state index contributed by atoms with van der Waals surface area (Å²) in [5, 5.41) is 13.9. The van der Waals surface area contributed by atoms with Gasteiger partial charge in [0.1, 0.15) is 11.6 Å². The van der Waals surface area contributed by atoms with Crippen LogP contribution in [0.3, 0.4) is 0 Å². The fraction of sp³-hybridized carbons (Fsp3) is 0.238. The zero-order chi connectivity index (χ0) is 23.3. The van der Waals surface area contributed by atoms with Crippen LogP contribution in [0.1, 0.15) is 18.3 Å². The maximum absolute atomic E-state index is 12.7. The Kier molecular flexibility index (Phi) is 7.31. The van der Waals surface area contributed by atoms with E-state index in [1.54, 1.807) is 60.1 Å². The molecule has 2 aromatic carbocycles. The lowest BCUT2D eigenvalue weighted by atomic mass is 10.2. The monoisotopic (exact) mass is 473 g/mol. The minimum Gasteiger partial charge on any atom is -0.326 e. The molecule has 2 amide bonds. The van der Waals surface area contributed by atoms with Crippen LogP contribution < -0.4 is 10.6 Å². The molecule has 0 saturated heterocycles. The second-order valence-electron chi connectivity index (χ2n) is 7.13. The van der Waals surface area contributed by atoms with Crippen LogP contribution in [0.5, 0.6) is 0 Å². The van der Waals surface area contributed by atoms with E-state index >= 15 is 0 Å². The number of aromatic nitrogens is 3.